The number of methoxy groups -OCH3 is 1. The van der Waals surface area contributed by atoms with E-state index >= 15 is 0 Å². The van der Waals surface area contributed by atoms with Crippen molar-refractivity contribution >= 4 is 11.1 Å². The van der Waals surface area contributed by atoms with Crippen LogP contribution in [0, 0.1) is 0 Å². The molecule has 0 saturated carbocycles. The molecule has 5 aromatic carbocycles. The van der Waals surface area contributed by atoms with Crippen LogP contribution < -0.4 is 4.74 Å². The molecule has 7 rings (SSSR count). The van der Waals surface area contributed by atoms with Gasteiger partial charge in [-0.2, -0.15) is 0 Å². The summed E-state index contributed by atoms with van der Waals surface area (Å²) in [6.45, 7) is 2.26. The summed E-state index contributed by atoms with van der Waals surface area (Å²) in [7, 11) is 1.75. The van der Waals surface area contributed by atoms with Crippen LogP contribution in [0.2, 0.25) is 0 Å². The topological polar surface area (TPSA) is 9.23 Å². The van der Waals surface area contributed by atoms with Gasteiger partial charge in [-0.3, -0.25) is 0 Å². The van der Waals surface area contributed by atoms with Gasteiger partial charge in [-0.1, -0.05) is 116 Å². The molecular formula is C36H28O. The minimum absolute atomic E-state index is 0.411. The molecule has 0 radical (unpaired) electrons. The molecule has 0 amide bonds. The van der Waals surface area contributed by atoms with Gasteiger partial charge in [0, 0.05) is 0 Å². The molecule has 0 aliphatic heterocycles. The smallest absolute Gasteiger partial charge is 0.119 e. The molecule has 178 valence electrons. The summed E-state index contributed by atoms with van der Waals surface area (Å²) in [6, 6.07) is 44.4. The maximum absolute atomic E-state index is 5.77. The van der Waals surface area contributed by atoms with Gasteiger partial charge in [-0.05, 0) is 79.8 Å². The third-order valence-corrected chi connectivity index (χ3v) is 8.19. The van der Waals surface area contributed by atoms with Crippen LogP contribution in [0.25, 0.3) is 22.3 Å². The predicted octanol–water partition coefficient (Wildman–Crippen LogP) is 8.55. The van der Waals surface area contributed by atoms with Crippen molar-refractivity contribution < 1.29 is 4.74 Å². The number of hydrogen-bond acceptors (Lipinski definition) is 1. The molecule has 37 heavy (non-hydrogen) atoms. The van der Waals surface area contributed by atoms with Crippen LogP contribution >= 0.6 is 0 Å². The van der Waals surface area contributed by atoms with Gasteiger partial charge in [-0.25, -0.2) is 0 Å². The van der Waals surface area contributed by atoms with E-state index in [2.05, 4.69) is 128 Å². The lowest BCUT2D eigenvalue weighted by atomic mass is 9.67. The van der Waals surface area contributed by atoms with E-state index in [9.17, 15) is 0 Å². The van der Waals surface area contributed by atoms with E-state index < -0.39 is 5.41 Å². The van der Waals surface area contributed by atoms with Crippen molar-refractivity contribution in [1.82, 2.24) is 0 Å². The highest BCUT2D eigenvalue weighted by Crippen LogP contribution is 2.66. The highest BCUT2D eigenvalue weighted by Gasteiger charge is 2.53. The molecule has 0 saturated heterocycles. The van der Waals surface area contributed by atoms with E-state index in [1.54, 1.807) is 7.11 Å². The third-order valence-electron chi connectivity index (χ3n) is 8.19. The second kappa shape index (κ2) is 8.35. The first kappa shape index (κ1) is 21.9. The summed E-state index contributed by atoms with van der Waals surface area (Å²) in [5.41, 5.74) is 14.2. The van der Waals surface area contributed by atoms with E-state index in [0.29, 0.717) is 0 Å². The molecule has 5 aromatic rings. The fraction of sp³-hybridized carbons (Fsp3) is 0.111. The Balaban J connectivity index is 1.73. The first-order chi connectivity index (χ1) is 18.3. The zero-order valence-electron chi connectivity index (χ0n) is 21.2. The number of aryl methyl sites for hydroxylation is 1. The van der Waals surface area contributed by atoms with E-state index in [1.807, 2.05) is 0 Å². The fourth-order valence-electron chi connectivity index (χ4n) is 6.77. The molecule has 2 aliphatic rings. The average molecular weight is 477 g/mol. The van der Waals surface area contributed by atoms with Gasteiger partial charge in [0.15, 0.2) is 0 Å². The molecule has 1 atom stereocenters. The zero-order chi connectivity index (χ0) is 25.0. The molecule has 1 spiro atoms. The summed E-state index contributed by atoms with van der Waals surface area (Å²) in [5.74, 6) is 0.880. The molecule has 2 aliphatic carbocycles. The average Bonchev–Trinajstić information content (AvgIpc) is 3.44. The minimum Gasteiger partial charge on any atom is -0.497 e. The Hall–Kier alpha value is -4.36. The van der Waals surface area contributed by atoms with Crippen molar-refractivity contribution in [3.63, 3.8) is 0 Å². The van der Waals surface area contributed by atoms with Crippen LogP contribution in [0.1, 0.15) is 45.9 Å². The zero-order valence-corrected chi connectivity index (χ0v) is 21.2. The van der Waals surface area contributed by atoms with E-state index in [0.717, 1.165) is 12.2 Å². The number of hydrogen-bond donors (Lipinski definition) is 0. The number of rotatable bonds is 4. The lowest BCUT2D eigenvalue weighted by Gasteiger charge is -2.33. The van der Waals surface area contributed by atoms with Gasteiger partial charge in [-0.15, -0.1) is 0 Å². The lowest BCUT2D eigenvalue weighted by molar-refractivity contribution is 0.414. The number of benzene rings is 5. The Morgan fingerprint density at radius 2 is 1.24 bits per heavy atom. The van der Waals surface area contributed by atoms with E-state index in [1.165, 1.54) is 61.2 Å². The predicted molar refractivity (Wildman–Crippen MR) is 153 cm³/mol. The Kier molecular flexibility index (Phi) is 4.94. The first-order valence-corrected chi connectivity index (χ1v) is 13.1. The van der Waals surface area contributed by atoms with E-state index in [-0.39, 0.29) is 0 Å². The molecule has 0 N–H and O–H groups in total. The Labute approximate surface area is 218 Å². The van der Waals surface area contributed by atoms with Crippen molar-refractivity contribution in [1.29, 1.82) is 0 Å². The van der Waals surface area contributed by atoms with Gasteiger partial charge in [0.1, 0.15) is 5.75 Å². The second-order valence-corrected chi connectivity index (χ2v) is 9.88. The van der Waals surface area contributed by atoms with Gasteiger partial charge in [0.25, 0.3) is 0 Å². The highest BCUT2D eigenvalue weighted by atomic mass is 16.5. The summed E-state index contributed by atoms with van der Waals surface area (Å²) in [5, 5.41) is 0. The molecule has 1 unspecified atom stereocenters. The van der Waals surface area contributed by atoms with Gasteiger partial charge in [0.2, 0.25) is 0 Å². The maximum Gasteiger partial charge on any atom is 0.119 e. The van der Waals surface area contributed by atoms with Crippen molar-refractivity contribution in [2.24, 2.45) is 0 Å². The quantitative estimate of drug-likeness (QED) is 0.252. The normalized spacial score (nSPS) is 17.0. The number of fused-ring (bicyclic) bond motifs is 7. The summed E-state index contributed by atoms with van der Waals surface area (Å²) >= 11 is 0. The molecule has 0 heterocycles. The van der Waals surface area contributed by atoms with Crippen molar-refractivity contribution in [2.45, 2.75) is 18.8 Å². The number of allylic oxidation sites excluding steroid dienone is 1. The largest absolute Gasteiger partial charge is 0.497 e. The Morgan fingerprint density at radius 3 is 1.97 bits per heavy atom. The van der Waals surface area contributed by atoms with Gasteiger partial charge in [0.05, 0.1) is 12.5 Å². The Bertz CT molecular complexity index is 1680. The van der Waals surface area contributed by atoms with Crippen LogP contribution in [-0.2, 0) is 11.8 Å². The fourth-order valence-corrected chi connectivity index (χ4v) is 6.77. The number of ether oxygens (including phenoxy) is 1. The molecule has 0 aromatic heterocycles. The van der Waals surface area contributed by atoms with E-state index in [4.69, 9.17) is 4.74 Å². The van der Waals surface area contributed by atoms with Crippen LogP contribution in [0.5, 0.6) is 5.75 Å². The molecule has 1 heteroatoms. The first-order valence-electron chi connectivity index (χ1n) is 13.1. The van der Waals surface area contributed by atoms with Crippen molar-refractivity contribution in [3.8, 4) is 16.9 Å². The summed E-state index contributed by atoms with van der Waals surface area (Å²) in [4.78, 5) is 0. The second-order valence-electron chi connectivity index (χ2n) is 9.88. The molecule has 0 fully saturated rings. The van der Waals surface area contributed by atoms with Crippen LogP contribution in [0.15, 0.2) is 121 Å². The van der Waals surface area contributed by atoms with Crippen LogP contribution in [0.4, 0.5) is 0 Å². The molecule has 0 bridgehead atoms. The summed E-state index contributed by atoms with van der Waals surface area (Å²) < 4.78 is 5.77. The summed E-state index contributed by atoms with van der Waals surface area (Å²) in [6.07, 6.45) is 0.999. The minimum atomic E-state index is -0.411. The van der Waals surface area contributed by atoms with Gasteiger partial charge >= 0.3 is 0 Å². The Morgan fingerprint density at radius 1 is 0.595 bits per heavy atom. The highest BCUT2D eigenvalue weighted by molar-refractivity contribution is 6.13. The standard InChI is InChI=1S/C36H28O/c1-3-24-17-12-20-32-33(24)28-18-10-11-19-30(28)36(32)31-22-21-27(37-2)23-29(31)34(25-13-6-4-7-14-25)35(36)26-15-8-5-9-16-26/h4-23H,3H2,1-2H3. The monoisotopic (exact) mass is 476 g/mol. The SMILES string of the molecule is CCc1cccc2c1-c1ccccc1C21C(c2ccccc2)=C(c2ccccc2)c2cc(OC)ccc21. The molecule has 1 nitrogen and oxygen atoms in total. The molecular weight excluding hydrogens is 448 g/mol. The maximum atomic E-state index is 5.77. The van der Waals surface area contributed by atoms with Crippen molar-refractivity contribution in [2.75, 3.05) is 7.11 Å². The third kappa shape index (κ3) is 2.92. The van der Waals surface area contributed by atoms with Crippen LogP contribution in [0.3, 0.4) is 0 Å². The van der Waals surface area contributed by atoms with Crippen molar-refractivity contribution in [3.05, 3.63) is 160 Å². The van der Waals surface area contributed by atoms with Crippen LogP contribution in [-0.4, -0.2) is 7.11 Å². The van der Waals surface area contributed by atoms with Gasteiger partial charge < -0.3 is 4.74 Å². The lowest BCUT2D eigenvalue weighted by Crippen LogP contribution is -2.26.